The van der Waals surface area contributed by atoms with Gasteiger partial charge < -0.3 is 15.0 Å². The lowest BCUT2D eigenvalue weighted by Gasteiger charge is -2.34. The Morgan fingerprint density at radius 1 is 1.14 bits per heavy atom. The predicted octanol–water partition coefficient (Wildman–Crippen LogP) is 5.25. The Balaban J connectivity index is 1.77. The van der Waals surface area contributed by atoms with Crippen molar-refractivity contribution in [2.75, 3.05) is 7.11 Å². The minimum atomic E-state index is 0.138. The van der Waals surface area contributed by atoms with Gasteiger partial charge in [-0.05, 0) is 61.8 Å². The van der Waals surface area contributed by atoms with Gasteiger partial charge in [0.25, 0.3) is 0 Å². The third-order valence-corrected chi connectivity index (χ3v) is 5.92. The summed E-state index contributed by atoms with van der Waals surface area (Å²) in [7, 11) is 1.69. The highest BCUT2D eigenvalue weighted by Crippen LogP contribution is 2.25. The van der Waals surface area contributed by atoms with Gasteiger partial charge in [0.05, 0.1) is 25.4 Å². The van der Waals surface area contributed by atoms with E-state index in [1.54, 1.807) is 7.11 Å². The van der Waals surface area contributed by atoms with Crippen LogP contribution in [0.5, 0.6) is 5.75 Å². The first-order chi connectivity index (χ1) is 13.7. The fourth-order valence-corrected chi connectivity index (χ4v) is 4.18. The van der Waals surface area contributed by atoms with Gasteiger partial charge in [-0.1, -0.05) is 43.9 Å². The molecule has 0 saturated heterocycles. The average molecular weight is 398 g/mol. The molecule has 1 aromatic heterocycles. The lowest BCUT2D eigenvalue weighted by Crippen LogP contribution is -2.45. The lowest BCUT2D eigenvalue weighted by molar-refractivity contribution is 0.313. The Hall–Kier alpha value is -2.14. The number of aromatic nitrogens is 1. The van der Waals surface area contributed by atoms with Crippen LogP contribution in [-0.2, 0) is 6.54 Å². The minimum absolute atomic E-state index is 0.138. The number of thiocarbonyl (C=S) groups is 1. The molecular formula is C23H31N3OS. The minimum Gasteiger partial charge on any atom is -0.497 e. The summed E-state index contributed by atoms with van der Waals surface area (Å²) in [6.45, 7) is 2.89. The first kappa shape index (κ1) is 20.6. The normalized spacial score (nSPS) is 16.1. The van der Waals surface area contributed by atoms with Crippen LogP contribution in [0, 0.1) is 0 Å². The second-order valence-electron chi connectivity index (χ2n) is 7.54. The number of nitrogens with one attached hydrogen (secondary N) is 1. The molecule has 1 aliphatic carbocycles. The topological polar surface area (TPSA) is 37.4 Å². The number of rotatable bonds is 6. The molecule has 1 saturated carbocycles. The van der Waals surface area contributed by atoms with E-state index in [4.69, 9.17) is 17.0 Å². The summed E-state index contributed by atoms with van der Waals surface area (Å²) in [5.41, 5.74) is 2.23. The highest BCUT2D eigenvalue weighted by Gasteiger charge is 2.22. The Kier molecular flexibility index (Phi) is 7.66. The maximum Gasteiger partial charge on any atom is 0.170 e. The van der Waals surface area contributed by atoms with Gasteiger partial charge in [-0.25, -0.2) is 0 Å². The van der Waals surface area contributed by atoms with E-state index >= 15 is 0 Å². The average Bonchev–Trinajstić information content (AvgIpc) is 3.01. The van der Waals surface area contributed by atoms with E-state index < -0.39 is 0 Å². The summed E-state index contributed by atoms with van der Waals surface area (Å²) < 4.78 is 5.30. The van der Waals surface area contributed by atoms with Crippen LogP contribution in [0.25, 0.3) is 0 Å². The van der Waals surface area contributed by atoms with Crippen molar-refractivity contribution < 1.29 is 4.74 Å². The molecule has 4 nitrogen and oxygen atoms in total. The van der Waals surface area contributed by atoms with Crippen LogP contribution in [0.15, 0.2) is 48.7 Å². The molecule has 1 aromatic carbocycles. The number of ether oxygens (including phenoxy) is 1. The molecule has 0 aliphatic heterocycles. The molecule has 5 heteroatoms. The Morgan fingerprint density at radius 2 is 1.86 bits per heavy atom. The van der Waals surface area contributed by atoms with Crippen molar-refractivity contribution in [3.05, 3.63) is 59.9 Å². The lowest BCUT2D eigenvalue weighted by atomic mass is 10.1. The van der Waals surface area contributed by atoms with Gasteiger partial charge >= 0.3 is 0 Å². The van der Waals surface area contributed by atoms with Crippen LogP contribution in [-0.4, -0.2) is 28.1 Å². The molecule has 0 spiro atoms. The maximum absolute atomic E-state index is 5.89. The molecule has 1 N–H and O–H groups in total. The molecule has 1 atom stereocenters. The second kappa shape index (κ2) is 10.4. The fraction of sp³-hybridized carbons (Fsp3) is 0.478. The Labute approximate surface area is 174 Å². The van der Waals surface area contributed by atoms with Crippen LogP contribution < -0.4 is 10.1 Å². The van der Waals surface area contributed by atoms with Crippen LogP contribution in [0.2, 0.25) is 0 Å². The van der Waals surface area contributed by atoms with Crippen molar-refractivity contribution in [3.63, 3.8) is 0 Å². The van der Waals surface area contributed by atoms with Crippen LogP contribution in [0.3, 0.4) is 0 Å². The summed E-state index contributed by atoms with van der Waals surface area (Å²) >= 11 is 5.89. The van der Waals surface area contributed by atoms with Gasteiger partial charge in [-0.3, -0.25) is 4.98 Å². The van der Waals surface area contributed by atoms with Crippen molar-refractivity contribution in [2.24, 2.45) is 0 Å². The molecule has 0 amide bonds. The summed E-state index contributed by atoms with van der Waals surface area (Å²) in [6.07, 6.45) is 9.50. The number of nitrogens with zero attached hydrogens (tertiary/aromatic N) is 2. The zero-order valence-corrected chi connectivity index (χ0v) is 17.8. The van der Waals surface area contributed by atoms with Crippen LogP contribution in [0.1, 0.15) is 62.7 Å². The van der Waals surface area contributed by atoms with E-state index in [-0.39, 0.29) is 6.04 Å². The third kappa shape index (κ3) is 5.68. The largest absolute Gasteiger partial charge is 0.497 e. The van der Waals surface area contributed by atoms with Gasteiger partial charge in [-0.2, -0.15) is 0 Å². The first-order valence-corrected chi connectivity index (χ1v) is 10.7. The molecular weight excluding hydrogens is 366 g/mol. The number of hydrogen-bond acceptors (Lipinski definition) is 3. The first-order valence-electron chi connectivity index (χ1n) is 10.3. The van der Waals surface area contributed by atoms with E-state index in [1.165, 1.54) is 44.1 Å². The zero-order valence-electron chi connectivity index (χ0n) is 16.9. The highest BCUT2D eigenvalue weighted by molar-refractivity contribution is 7.80. The van der Waals surface area contributed by atoms with E-state index in [2.05, 4.69) is 40.3 Å². The smallest absolute Gasteiger partial charge is 0.170 e. The Bertz CT molecular complexity index is 727. The number of hydrogen-bond donors (Lipinski definition) is 1. The van der Waals surface area contributed by atoms with E-state index in [9.17, 15) is 0 Å². The SMILES string of the molecule is COc1ccc([C@H](C)N(Cc2ccccn2)C(=S)NC2CCCCCC2)cc1. The van der Waals surface area contributed by atoms with Crippen molar-refractivity contribution in [3.8, 4) is 5.75 Å². The molecule has 150 valence electrons. The monoisotopic (exact) mass is 397 g/mol. The predicted molar refractivity (Wildman–Crippen MR) is 118 cm³/mol. The number of pyridine rings is 1. The summed E-state index contributed by atoms with van der Waals surface area (Å²) in [4.78, 5) is 6.77. The number of benzene rings is 1. The molecule has 0 unspecified atom stereocenters. The maximum atomic E-state index is 5.89. The molecule has 28 heavy (non-hydrogen) atoms. The van der Waals surface area contributed by atoms with Crippen LogP contribution >= 0.6 is 12.2 Å². The molecule has 1 fully saturated rings. The summed E-state index contributed by atoms with van der Waals surface area (Å²) in [5, 5.41) is 4.48. The van der Waals surface area contributed by atoms with Gasteiger partial charge in [0.1, 0.15) is 5.75 Å². The van der Waals surface area contributed by atoms with Crippen LogP contribution in [0.4, 0.5) is 0 Å². The molecule has 2 aromatic rings. The quantitative estimate of drug-likeness (QED) is 0.532. The van der Waals surface area contributed by atoms with E-state index in [1.807, 2.05) is 30.5 Å². The van der Waals surface area contributed by atoms with Crippen molar-refractivity contribution in [1.29, 1.82) is 0 Å². The van der Waals surface area contributed by atoms with Crippen molar-refractivity contribution in [1.82, 2.24) is 15.2 Å². The standard InChI is InChI=1S/C23H31N3OS/c1-18(19-12-14-22(27-2)15-13-19)26(17-21-11-7-8-16-24-21)23(28)25-20-9-5-3-4-6-10-20/h7-8,11-16,18,20H,3-6,9-10,17H2,1-2H3,(H,25,28)/t18-/m0/s1. The highest BCUT2D eigenvalue weighted by atomic mass is 32.1. The van der Waals surface area contributed by atoms with Crippen molar-refractivity contribution in [2.45, 2.75) is 64.1 Å². The van der Waals surface area contributed by atoms with Gasteiger partial charge in [0, 0.05) is 12.2 Å². The molecule has 3 rings (SSSR count). The van der Waals surface area contributed by atoms with Gasteiger partial charge in [0.2, 0.25) is 0 Å². The number of methoxy groups -OCH3 is 1. The molecule has 0 radical (unpaired) electrons. The zero-order chi connectivity index (χ0) is 19.8. The Morgan fingerprint density at radius 3 is 2.46 bits per heavy atom. The summed E-state index contributed by atoms with van der Waals surface area (Å²) in [5.74, 6) is 0.867. The van der Waals surface area contributed by atoms with Gasteiger partial charge in [-0.15, -0.1) is 0 Å². The van der Waals surface area contributed by atoms with Gasteiger partial charge in [0.15, 0.2) is 5.11 Å². The summed E-state index contributed by atoms with van der Waals surface area (Å²) in [6, 6.07) is 14.9. The third-order valence-electron chi connectivity index (χ3n) is 5.57. The fourth-order valence-electron chi connectivity index (χ4n) is 3.79. The molecule has 1 heterocycles. The van der Waals surface area contributed by atoms with E-state index in [0.29, 0.717) is 12.6 Å². The molecule has 1 aliphatic rings. The van der Waals surface area contributed by atoms with E-state index in [0.717, 1.165) is 16.6 Å². The van der Waals surface area contributed by atoms with Crippen molar-refractivity contribution >= 4 is 17.3 Å². The molecule has 0 bridgehead atoms. The second-order valence-corrected chi connectivity index (χ2v) is 7.92.